The number of amides is 2. The lowest BCUT2D eigenvalue weighted by atomic mass is 9.96. The van der Waals surface area contributed by atoms with E-state index in [4.69, 9.17) is 0 Å². The Kier molecular flexibility index (Phi) is 6.60. The first-order valence-corrected chi connectivity index (χ1v) is 9.15. The number of anilines is 1. The second kappa shape index (κ2) is 8.47. The number of aromatic nitrogens is 2. The van der Waals surface area contributed by atoms with Crippen LogP contribution in [-0.4, -0.2) is 51.1 Å². The van der Waals surface area contributed by atoms with Gasteiger partial charge >= 0.3 is 6.18 Å². The molecule has 1 atom stereocenters. The van der Waals surface area contributed by atoms with Crippen molar-refractivity contribution in [2.24, 2.45) is 7.05 Å². The number of aryl methyl sites for hydroxylation is 4. The van der Waals surface area contributed by atoms with Crippen LogP contribution < -0.4 is 5.32 Å². The third-order valence-corrected chi connectivity index (χ3v) is 4.82. The van der Waals surface area contributed by atoms with Gasteiger partial charge in [-0.05, 0) is 31.9 Å². The zero-order chi connectivity index (χ0) is 22.9. The number of hydrogen-bond donors (Lipinski definition) is 2. The minimum Gasteiger partial charge on any atom is -0.374 e. The van der Waals surface area contributed by atoms with Gasteiger partial charge in [-0.25, -0.2) is 4.98 Å². The molecule has 2 aromatic rings. The molecule has 0 saturated heterocycles. The first-order chi connectivity index (χ1) is 13.8. The van der Waals surface area contributed by atoms with Crippen molar-refractivity contribution in [3.8, 4) is 0 Å². The second-order valence-electron chi connectivity index (χ2n) is 7.47. The normalized spacial score (nSPS) is 13.6. The Balaban J connectivity index is 2.13. The van der Waals surface area contributed by atoms with Gasteiger partial charge in [-0.2, -0.15) is 13.2 Å². The number of imidazole rings is 1. The van der Waals surface area contributed by atoms with Crippen molar-refractivity contribution in [1.29, 1.82) is 0 Å². The van der Waals surface area contributed by atoms with Crippen LogP contribution in [0.5, 0.6) is 0 Å². The molecule has 0 aliphatic carbocycles. The third-order valence-electron chi connectivity index (χ3n) is 4.82. The highest BCUT2D eigenvalue weighted by atomic mass is 19.4. The topological polar surface area (TPSA) is 87.5 Å². The Morgan fingerprint density at radius 3 is 2.23 bits per heavy atom. The number of alkyl halides is 3. The number of likely N-dealkylation sites (N-methyl/N-ethyl adjacent to an activating group) is 1. The van der Waals surface area contributed by atoms with Crippen LogP contribution in [0.2, 0.25) is 0 Å². The standard InChI is InChI=1S/C20H25F3N4O3/c1-12-8-13(2)17(14(3)9-12)25-15(28)11-27(5)16(29)10-19(30,20(21,22)23)18-24-6-7-26(18)4/h6-9,30H,10-11H2,1-5H3,(H,25,28). The van der Waals surface area contributed by atoms with Gasteiger partial charge in [0.05, 0.1) is 13.0 Å². The van der Waals surface area contributed by atoms with Crippen molar-refractivity contribution in [2.45, 2.75) is 39.0 Å². The van der Waals surface area contributed by atoms with Crippen molar-refractivity contribution in [1.82, 2.24) is 14.5 Å². The number of nitrogens with one attached hydrogen (secondary N) is 1. The van der Waals surface area contributed by atoms with Crippen LogP contribution in [0.3, 0.4) is 0 Å². The molecule has 30 heavy (non-hydrogen) atoms. The van der Waals surface area contributed by atoms with Gasteiger partial charge in [-0.1, -0.05) is 17.7 Å². The number of carbonyl (C=O) groups excluding carboxylic acids is 2. The van der Waals surface area contributed by atoms with E-state index in [1.807, 2.05) is 32.9 Å². The number of halogens is 3. The molecule has 0 spiro atoms. The van der Waals surface area contributed by atoms with E-state index in [0.717, 1.165) is 32.4 Å². The summed E-state index contributed by atoms with van der Waals surface area (Å²) < 4.78 is 41.8. The maximum absolute atomic E-state index is 13.6. The summed E-state index contributed by atoms with van der Waals surface area (Å²) in [5.41, 5.74) is -0.202. The second-order valence-corrected chi connectivity index (χ2v) is 7.47. The number of aliphatic hydroxyl groups is 1. The minimum atomic E-state index is -5.14. The first-order valence-electron chi connectivity index (χ1n) is 9.15. The molecular formula is C20H25F3N4O3. The lowest BCUT2D eigenvalue weighted by molar-refractivity contribution is -0.271. The number of hydrogen-bond acceptors (Lipinski definition) is 4. The van der Waals surface area contributed by atoms with Crippen LogP contribution >= 0.6 is 0 Å². The van der Waals surface area contributed by atoms with E-state index >= 15 is 0 Å². The molecule has 0 radical (unpaired) electrons. The number of rotatable bonds is 6. The van der Waals surface area contributed by atoms with Crippen LogP contribution in [0.15, 0.2) is 24.5 Å². The fourth-order valence-corrected chi connectivity index (χ4v) is 3.28. The smallest absolute Gasteiger partial charge is 0.374 e. The molecule has 164 valence electrons. The van der Waals surface area contributed by atoms with E-state index in [1.54, 1.807) is 0 Å². The van der Waals surface area contributed by atoms with Gasteiger partial charge in [0.25, 0.3) is 0 Å². The lowest BCUT2D eigenvalue weighted by Gasteiger charge is -2.30. The summed E-state index contributed by atoms with van der Waals surface area (Å²) >= 11 is 0. The van der Waals surface area contributed by atoms with Crippen molar-refractivity contribution < 1.29 is 27.9 Å². The molecule has 2 rings (SSSR count). The molecule has 1 unspecified atom stereocenters. The highest BCUT2D eigenvalue weighted by Crippen LogP contribution is 2.41. The SMILES string of the molecule is Cc1cc(C)c(NC(=O)CN(C)C(=O)CC(O)(c2nccn2C)C(F)(F)F)c(C)c1. The zero-order valence-electron chi connectivity index (χ0n) is 17.5. The van der Waals surface area contributed by atoms with E-state index in [9.17, 15) is 27.9 Å². The summed E-state index contributed by atoms with van der Waals surface area (Å²) in [5, 5.41) is 13.0. The van der Waals surface area contributed by atoms with E-state index in [2.05, 4.69) is 10.3 Å². The molecule has 2 amide bonds. The Labute approximate surface area is 172 Å². The maximum atomic E-state index is 13.6. The molecule has 0 bridgehead atoms. The highest BCUT2D eigenvalue weighted by Gasteiger charge is 2.58. The Morgan fingerprint density at radius 2 is 1.77 bits per heavy atom. The minimum absolute atomic E-state index is 0.472. The molecule has 1 heterocycles. The van der Waals surface area contributed by atoms with Crippen molar-refractivity contribution in [3.63, 3.8) is 0 Å². The van der Waals surface area contributed by atoms with Gasteiger partial charge < -0.3 is 19.9 Å². The quantitative estimate of drug-likeness (QED) is 0.743. The van der Waals surface area contributed by atoms with Crippen LogP contribution in [0.4, 0.5) is 18.9 Å². The van der Waals surface area contributed by atoms with Crippen molar-refractivity contribution in [3.05, 3.63) is 47.0 Å². The first kappa shape index (κ1) is 23.4. The summed E-state index contributed by atoms with van der Waals surface area (Å²) in [4.78, 5) is 29.2. The summed E-state index contributed by atoms with van der Waals surface area (Å²) in [7, 11) is 2.49. The van der Waals surface area contributed by atoms with Gasteiger partial charge in [0.1, 0.15) is 0 Å². The fraction of sp³-hybridized carbons (Fsp3) is 0.450. The van der Waals surface area contributed by atoms with Crippen LogP contribution in [0.1, 0.15) is 28.9 Å². The zero-order valence-corrected chi connectivity index (χ0v) is 17.5. The van der Waals surface area contributed by atoms with Gasteiger partial charge in [-0.3, -0.25) is 9.59 Å². The molecule has 1 aromatic carbocycles. The Morgan fingerprint density at radius 1 is 1.20 bits per heavy atom. The molecule has 0 aliphatic rings. The van der Waals surface area contributed by atoms with Gasteiger partial charge in [0.2, 0.25) is 17.4 Å². The molecule has 0 fully saturated rings. The monoisotopic (exact) mass is 426 g/mol. The molecular weight excluding hydrogens is 401 g/mol. The summed E-state index contributed by atoms with van der Waals surface area (Å²) in [5.74, 6) is -2.31. The van der Waals surface area contributed by atoms with E-state index in [-0.39, 0.29) is 0 Å². The predicted octanol–water partition coefficient (Wildman–Crippen LogP) is 2.58. The van der Waals surface area contributed by atoms with Crippen LogP contribution in [-0.2, 0) is 22.2 Å². The molecule has 10 heteroatoms. The average molecular weight is 426 g/mol. The Hall–Kier alpha value is -2.88. The summed E-state index contributed by atoms with van der Waals surface area (Å²) in [6.07, 6.45) is -4.10. The molecule has 2 N–H and O–H groups in total. The van der Waals surface area contributed by atoms with Gasteiger partial charge in [0, 0.05) is 32.2 Å². The number of benzene rings is 1. The average Bonchev–Trinajstić information content (AvgIpc) is 3.03. The van der Waals surface area contributed by atoms with E-state index in [1.165, 1.54) is 20.3 Å². The van der Waals surface area contributed by atoms with E-state index < -0.39 is 42.4 Å². The van der Waals surface area contributed by atoms with Crippen LogP contribution in [0.25, 0.3) is 0 Å². The maximum Gasteiger partial charge on any atom is 0.425 e. The fourth-order valence-electron chi connectivity index (χ4n) is 3.28. The summed E-state index contributed by atoms with van der Waals surface area (Å²) in [6.45, 7) is 5.09. The van der Waals surface area contributed by atoms with Gasteiger partial charge in [-0.15, -0.1) is 0 Å². The number of carbonyl (C=O) groups is 2. The third kappa shape index (κ3) is 4.81. The summed E-state index contributed by atoms with van der Waals surface area (Å²) in [6, 6.07) is 3.77. The Bertz CT molecular complexity index is 932. The number of nitrogens with zero attached hydrogens (tertiary/aromatic N) is 3. The predicted molar refractivity (Wildman–Crippen MR) is 105 cm³/mol. The highest BCUT2D eigenvalue weighted by molar-refractivity contribution is 5.95. The van der Waals surface area contributed by atoms with Crippen LogP contribution in [0, 0.1) is 20.8 Å². The van der Waals surface area contributed by atoms with Crippen molar-refractivity contribution in [2.75, 3.05) is 18.9 Å². The van der Waals surface area contributed by atoms with E-state index in [0.29, 0.717) is 5.69 Å². The molecule has 0 saturated carbocycles. The molecule has 1 aromatic heterocycles. The van der Waals surface area contributed by atoms with Gasteiger partial charge in [0.15, 0.2) is 5.82 Å². The molecule has 0 aliphatic heterocycles. The van der Waals surface area contributed by atoms with Crippen molar-refractivity contribution >= 4 is 17.5 Å². The molecule has 7 nitrogen and oxygen atoms in total. The lowest BCUT2D eigenvalue weighted by Crippen LogP contribution is -2.48. The largest absolute Gasteiger partial charge is 0.425 e.